The highest BCUT2D eigenvalue weighted by Gasteiger charge is 2.11. The van der Waals surface area contributed by atoms with Crippen molar-refractivity contribution in [3.8, 4) is 0 Å². The number of nitrogens with one attached hydrogen (secondary N) is 1. The number of aryl methyl sites for hydroxylation is 1. The maximum absolute atomic E-state index is 12.8. The predicted molar refractivity (Wildman–Crippen MR) is 106 cm³/mol. The lowest BCUT2D eigenvalue weighted by molar-refractivity contribution is -0.116. The van der Waals surface area contributed by atoms with Gasteiger partial charge in [0.2, 0.25) is 5.91 Å². The lowest BCUT2D eigenvalue weighted by Gasteiger charge is -2.11. The topological polar surface area (TPSA) is 68.4 Å². The molecule has 0 saturated carbocycles. The van der Waals surface area contributed by atoms with E-state index in [1.54, 1.807) is 41.1 Å². The smallest absolute Gasteiger partial charge is 0.276 e. The number of rotatable bonds is 5. The largest absolute Gasteiger partial charge is 0.326 e. The average Bonchev–Trinajstić information content (AvgIpc) is 3.15. The average molecular weight is 381 g/mol. The number of halogens is 1. The van der Waals surface area contributed by atoms with Crippen LogP contribution in [0.1, 0.15) is 12.8 Å². The molecule has 7 heteroatoms. The summed E-state index contributed by atoms with van der Waals surface area (Å²) in [5, 5.41) is 3.38. The van der Waals surface area contributed by atoms with Gasteiger partial charge in [-0.25, -0.2) is 4.98 Å². The van der Waals surface area contributed by atoms with Crippen molar-refractivity contribution in [2.45, 2.75) is 19.4 Å². The van der Waals surface area contributed by atoms with Crippen molar-refractivity contribution in [1.29, 1.82) is 0 Å². The standard InChI is InChI=1S/C20H17ClN4O2/c21-14-5-1-6-15(13-14)23-18(26)9-4-12-25-19-16(7-2-10-22-19)24-11-3-8-17(24)20(25)27/h1-3,5-8,10-11,13H,4,9,12H2,(H,23,26). The van der Waals surface area contributed by atoms with Gasteiger partial charge in [0.1, 0.15) is 5.52 Å². The number of hydrogen-bond acceptors (Lipinski definition) is 3. The first kappa shape index (κ1) is 17.3. The molecule has 0 fully saturated rings. The number of carbonyl (C=O) groups is 1. The number of carbonyl (C=O) groups excluding carboxylic acids is 1. The molecule has 0 bridgehead atoms. The predicted octanol–water partition coefficient (Wildman–Crippen LogP) is 3.72. The molecule has 1 N–H and O–H groups in total. The molecule has 0 spiro atoms. The second kappa shape index (κ2) is 7.25. The van der Waals surface area contributed by atoms with Crippen LogP contribution in [0.4, 0.5) is 5.69 Å². The molecule has 0 aliphatic carbocycles. The lowest BCUT2D eigenvalue weighted by Crippen LogP contribution is -2.24. The molecule has 6 nitrogen and oxygen atoms in total. The molecular formula is C20H17ClN4O2. The first-order chi connectivity index (χ1) is 13.1. The third-order valence-electron chi connectivity index (χ3n) is 4.39. The van der Waals surface area contributed by atoms with Crippen LogP contribution in [0.15, 0.2) is 65.7 Å². The molecular weight excluding hydrogens is 364 g/mol. The van der Waals surface area contributed by atoms with Gasteiger partial charge in [-0.3, -0.25) is 14.2 Å². The fourth-order valence-corrected chi connectivity index (χ4v) is 3.37. The highest BCUT2D eigenvalue weighted by molar-refractivity contribution is 6.30. The van der Waals surface area contributed by atoms with Crippen molar-refractivity contribution in [2.75, 3.05) is 5.32 Å². The van der Waals surface area contributed by atoms with E-state index in [-0.39, 0.29) is 11.5 Å². The number of hydrogen-bond donors (Lipinski definition) is 1. The number of anilines is 1. The van der Waals surface area contributed by atoms with E-state index in [1.807, 2.05) is 28.8 Å². The summed E-state index contributed by atoms with van der Waals surface area (Å²) < 4.78 is 3.48. The van der Waals surface area contributed by atoms with E-state index in [1.165, 1.54) is 0 Å². The van der Waals surface area contributed by atoms with Crippen LogP contribution in [0.25, 0.3) is 16.7 Å². The molecule has 3 heterocycles. The quantitative estimate of drug-likeness (QED) is 0.573. The van der Waals surface area contributed by atoms with Gasteiger partial charge in [-0.1, -0.05) is 17.7 Å². The van der Waals surface area contributed by atoms with Crippen LogP contribution in [0.2, 0.25) is 5.02 Å². The Morgan fingerprint density at radius 3 is 2.81 bits per heavy atom. The van der Waals surface area contributed by atoms with Crippen molar-refractivity contribution >= 4 is 39.9 Å². The summed E-state index contributed by atoms with van der Waals surface area (Å²) in [6.45, 7) is 0.414. The van der Waals surface area contributed by atoms with E-state index in [0.717, 1.165) is 5.52 Å². The Morgan fingerprint density at radius 2 is 1.96 bits per heavy atom. The van der Waals surface area contributed by atoms with Gasteiger partial charge in [0.15, 0.2) is 5.65 Å². The Balaban J connectivity index is 1.52. The van der Waals surface area contributed by atoms with E-state index in [9.17, 15) is 9.59 Å². The number of aromatic nitrogens is 3. The third kappa shape index (κ3) is 3.44. The third-order valence-corrected chi connectivity index (χ3v) is 4.62. The first-order valence-corrected chi connectivity index (χ1v) is 9.01. The van der Waals surface area contributed by atoms with Crippen LogP contribution >= 0.6 is 11.6 Å². The van der Waals surface area contributed by atoms with Gasteiger partial charge >= 0.3 is 0 Å². The summed E-state index contributed by atoms with van der Waals surface area (Å²) in [6, 6.07) is 14.4. The lowest BCUT2D eigenvalue weighted by atomic mass is 10.2. The molecule has 1 aromatic carbocycles. The zero-order valence-electron chi connectivity index (χ0n) is 14.4. The van der Waals surface area contributed by atoms with Crippen molar-refractivity contribution in [3.05, 3.63) is 76.3 Å². The van der Waals surface area contributed by atoms with Crippen LogP contribution in [0.3, 0.4) is 0 Å². The molecule has 136 valence electrons. The first-order valence-electron chi connectivity index (χ1n) is 8.63. The van der Waals surface area contributed by atoms with Crippen molar-refractivity contribution < 1.29 is 4.79 Å². The van der Waals surface area contributed by atoms with Crippen LogP contribution < -0.4 is 10.9 Å². The second-order valence-electron chi connectivity index (χ2n) is 6.23. The maximum atomic E-state index is 12.8. The van der Waals surface area contributed by atoms with Crippen LogP contribution in [0.5, 0.6) is 0 Å². The second-order valence-corrected chi connectivity index (χ2v) is 6.66. The van der Waals surface area contributed by atoms with E-state index in [4.69, 9.17) is 11.6 Å². The molecule has 0 saturated heterocycles. The van der Waals surface area contributed by atoms with E-state index in [0.29, 0.717) is 41.3 Å². The summed E-state index contributed by atoms with van der Waals surface area (Å²) >= 11 is 5.93. The van der Waals surface area contributed by atoms with E-state index < -0.39 is 0 Å². The number of pyridine rings is 1. The minimum atomic E-state index is -0.119. The van der Waals surface area contributed by atoms with Crippen molar-refractivity contribution in [1.82, 2.24) is 14.0 Å². The van der Waals surface area contributed by atoms with Crippen LogP contribution in [-0.2, 0) is 11.3 Å². The van der Waals surface area contributed by atoms with Gasteiger partial charge in [0.25, 0.3) is 5.56 Å². The van der Waals surface area contributed by atoms with Gasteiger partial charge in [-0.15, -0.1) is 0 Å². The fraction of sp³-hybridized carbons (Fsp3) is 0.150. The van der Waals surface area contributed by atoms with Gasteiger partial charge in [0.05, 0.1) is 5.52 Å². The molecule has 0 radical (unpaired) electrons. The molecule has 27 heavy (non-hydrogen) atoms. The molecule has 4 aromatic rings. The summed E-state index contributed by atoms with van der Waals surface area (Å²) in [4.78, 5) is 29.3. The van der Waals surface area contributed by atoms with Gasteiger partial charge in [-0.2, -0.15) is 0 Å². The maximum Gasteiger partial charge on any atom is 0.276 e. The van der Waals surface area contributed by atoms with E-state index >= 15 is 0 Å². The van der Waals surface area contributed by atoms with Crippen molar-refractivity contribution in [3.63, 3.8) is 0 Å². The summed E-state index contributed by atoms with van der Waals surface area (Å²) in [5.41, 5.74) is 2.62. The number of nitrogens with zero attached hydrogens (tertiary/aromatic N) is 3. The van der Waals surface area contributed by atoms with Crippen LogP contribution in [0, 0.1) is 0 Å². The van der Waals surface area contributed by atoms with E-state index in [2.05, 4.69) is 10.3 Å². The minimum absolute atomic E-state index is 0.110. The Hall–Kier alpha value is -3.12. The normalized spacial score (nSPS) is 11.1. The monoisotopic (exact) mass is 380 g/mol. The molecule has 1 amide bonds. The Morgan fingerprint density at radius 1 is 1.11 bits per heavy atom. The van der Waals surface area contributed by atoms with Gasteiger partial charge in [-0.05, 0) is 48.9 Å². The number of fused-ring (bicyclic) bond motifs is 3. The molecule has 0 aliphatic rings. The van der Waals surface area contributed by atoms with Gasteiger partial charge < -0.3 is 9.72 Å². The molecule has 3 aromatic heterocycles. The Bertz CT molecular complexity index is 1200. The summed E-state index contributed by atoms with van der Waals surface area (Å²) in [6.07, 6.45) is 4.33. The van der Waals surface area contributed by atoms with Crippen LogP contribution in [-0.4, -0.2) is 19.9 Å². The molecule has 0 unspecified atom stereocenters. The molecule has 0 atom stereocenters. The summed E-state index contributed by atoms with van der Waals surface area (Å²) in [5.74, 6) is -0.119. The Kier molecular flexibility index (Phi) is 4.64. The fourth-order valence-electron chi connectivity index (χ4n) is 3.18. The number of benzene rings is 1. The highest BCUT2D eigenvalue weighted by Crippen LogP contribution is 2.16. The molecule has 0 aliphatic heterocycles. The SMILES string of the molecule is O=C(CCCn1c(=O)c2cccn2c2cccnc21)Nc1cccc(Cl)c1. The van der Waals surface area contributed by atoms with Gasteiger partial charge in [0, 0.05) is 36.1 Å². The summed E-state index contributed by atoms with van der Waals surface area (Å²) in [7, 11) is 0. The zero-order chi connectivity index (χ0) is 18.8. The van der Waals surface area contributed by atoms with Crippen molar-refractivity contribution in [2.24, 2.45) is 0 Å². The molecule has 4 rings (SSSR count). The minimum Gasteiger partial charge on any atom is -0.326 e. The Labute approximate surface area is 160 Å². The zero-order valence-corrected chi connectivity index (χ0v) is 15.2. The highest BCUT2D eigenvalue weighted by atomic mass is 35.5. The number of amides is 1.